The van der Waals surface area contributed by atoms with E-state index in [4.69, 9.17) is 0 Å². The van der Waals surface area contributed by atoms with E-state index >= 15 is 0 Å². The van der Waals surface area contributed by atoms with Gasteiger partial charge in [-0.1, -0.05) is 6.92 Å². The average molecular weight is 245 g/mol. The molecular weight excluding hydrogens is 226 g/mol. The number of aromatic nitrogens is 2. The number of imidazole rings is 1. The molecule has 1 aromatic heterocycles. The Morgan fingerprint density at radius 1 is 1.56 bits per heavy atom. The predicted molar refractivity (Wildman–Crippen MR) is 64.0 cm³/mol. The molecule has 1 aromatic rings. The van der Waals surface area contributed by atoms with Crippen molar-refractivity contribution in [3.8, 4) is 0 Å². The van der Waals surface area contributed by atoms with E-state index in [9.17, 15) is 8.42 Å². The van der Waals surface area contributed by atoms with E-state index in [1.165, 1.54) is 6.26 Å². The second kappa shape index (κ2) is 5.45. The molecule has 1 rings (SSSR count). The van der Waals surface area contributed by atoms with Gasteiger partial charge in [-0.3, -0.25) is 0 Å². The summed E-state index contributed by atoms with van der Waals surface area (Å²) in [5.74, 6) is 1.06. The number of rotatable bonds is 6. The highest BCUT2D eigenvalue weighted by atomic mass is 32.2. The first-order valence-electron chi connectivity index (χ1n) is 5.32. The van der Waals surface area contributed by atoms with Gasteiger partial charge >= 0.3 is 0 Å². The van der Waals surface area contributed by atoms with Crippen LogP contribution in [0.3, 0.4) is 0 Å². The van der Waals surface area contributed by atoms with E-state index < -0.39 is 9.84 Å². The summed E-state index contributed by atoms with van der Waals surface area (Å²) in [4.78, 5) is 4.24. The maximum atomic E-state index is 11.1. The van der Waals surface area contributed by atoms with Crippen molar-refractivity contribution in [1.29, 1.82) is 0 Å². The lowest BCUT2D eigenvalue weighted by Gasteiger charge is -2.16. The molecule has 0 bridgehead atoms. The van der Waals surface area contributed by atoms with E-state index in [2.05, 4.69) is 10.3 Å². The second-order valence-corrected chi connectivity index (χ2v) is 6.18. The van der Waals surface area contributed by atoms with E-state index in [-0.39, 0.29) is 11.8 Å². The van der Waals surface area contributed by atoms with Crippen LogP contribution in [0.4, 0.5) is 0 Å². The SMILES string of the molecule is CCNC(CCS(C)(=O)=O)c1nccn1C. The Morgan fingerprint density at radius 3 is 2.69 bits per heavy atom. The summed E-state index contributed by atoms with van der Waals surface area (Å²) >= 11 is 0. The summed E-state index contributed by atoms with van der Waals surface area (Å²) in [6.07, 6.45) is 5.40. The molecule has 0 spiro atoms. The van der Waals surface area contributed by atoms with Crippen LogP contribution in [0.15, 0.2) is 12.4 Å². The van der Waals surface area contributed by atoms with Gasteiger partial charge in [0.05, 0.1) is 11.8 Å². The summed E-state index contributed by atoms with van der Waals surface area (Å²) < 4.78 is 24.2. The lowest BCUT2D eigenvalue weighted by Crippen LogP contribution is -2.25. The Hall–Kier alpha value is -0.880. The maximum Gasteiger partial charge on any atom is 0.147 e. The van der Waals surface area contributed by atoms with E-state index in [1.807, 2.05) is 24.7 Å². The van der Waals surface area contributed by atoms with Crippen molar-refractivity contribution in [3.05, 3.63) is 18.2 Å². The molecule has 92 valence electrons. The molecule has 0 saturated heterocycles. The van der Waals surface area contributed by atoms with Gasteiger partial charge in [0.2, 0.25) is 0 Å². The highest BCUT2D eigenvalue weighted by molar-refractivity contribution is 7.90. The molecule has 1 atom stereocenters. The number of nitrogens with zero attached hydrogens (tertiary/aromatic N) is 2. The highest BCUT2D eigenvalue weighted by Crippen LogP contribution is 2.14. The molecule has 1 N–H and O–H groups in total. The molecule has 0 fully saturated rings. The van der Waals surface area contributed by atoms with Crippen LogP contribution < -0.4 is 5.32 Å². The average Bonchev–Trinajstić information content (AvgIpc) is 2.57. The van der Waals surface area contributed by atoms with Crippen molar-refractivity contribution in [3.63, 3.8) is 0 Å². The number of aryl methyl sites for hydroxylation is 1. The summed E-state index contributed by atoms with van der Waals surface area (Å²) in [5, 5.41) is 3.25. The Balaban J connectivity index is 2.72. The van der Waals surface area contributed by atoms with E-state index in [0.717, 1.165) is 12.4 Å². The Labute approximate surface area is 96.8 Å². The van der Waals surface area contributed by atoms with Crippen molar-refractivity contribution >= 4 is 9.84 Å². The molecular formula is C10H19N3O2S. The fourth-order valence-electron chi connectivity index (χ4n) is 1.61. The zero-order chi connectivity index (χ0) is 12.2. The van der Waals surface area contributed by atoms with Crippen LogP contribution in [0, 0.1) is 0 Å². The first-order valence-corrected chi connectivity index (χ1v) is 7.38. The van der Waals surface area contributed by atoms with Gasteiger partial charge in [-0.05, 0) is 13.0 Å². The van der Waals surface area contributed by atoms with Crippen molar-refractivity contribution < 1.29 is 8.42 Å². The minimum Gasteiger partial charge on any atom is -0.337 e. The summed E-state index contributed by atoms with van der Waals surface area (Å²) in [6, 6.07) is -0.000255. The third-order valence-corrected chi connectivity index (χ3v) is 3.38. The minimum absolute atomic E-state index is 0.000255. The van der Waals surface area contributed by atoms with Crippen molar-refractivity contribution in [2.45, 2.75) is 19.4 Å². The molecule has 1 unspecified atom stereocenters. The minimum atomic E-state index is -2.92. The normalized spacial score (nSPS) is 13.9. The monoisotopic (exact) mass is 245 g/mol. The molecule has 5 nitrogen and oxygen atoms in total. The topological polar surface area (TPSA) is 64.0 Å². The van der Waals surface area contributed by atoms with Gasteiger partial charge in [0.15, 0.2) is 0 Å². The molecule has 0 aromatic carbocycles. The van der Waals surface area contributed by atoms with Gasteiger partial charge in [0.25, 0.3) is 0 Å². The van der Waals surface area contributed by atoms with Crippen molar-refractivity contribution in [1.82, 2.24) is 14.9 Å². The summed E-state index contributed by atoms with van der Waals surface area (Å²) in [5.41, 5.74) is 0. The van der Waals surface area contributed by atoms with Gasteiger partial charge in [-0.25, -0.2) is 13.4 Å². The molecule has 0 saturated carbocycles. The van der Waals surface area contributed by atoms with Crippen LogP contribution in [0.5, 0.6) is 0 Å². The Morgan fingerprint density at radius 2 is 2.25 bits per heavy atom. The van der Waals surface area contributed by atoms with Crippen LogP contribution in [0.2, 0.25) is 0 Å². The molecule has 0 aliphatic heterocycles. The summed E-state index contributed by atoms with van der Waals surface area (Å²) in [7, 11) is -1.01. The number of sulfone groups is 1. The summed E-state index contributed by atoms with van der Waals surface area (Å²) in [6.45, 7) is 2.79. The van der Waals surface area contributed by atoms with Gasteiger partial charge in [0, 0.05) is 25.7 Å². The van der Waals surface area contributed by atoms with E-state index in [0.29, 0.717) is 6.42 Å². The van der Waals surface area contributed by atoms with Gasteiger partial charge < -0.3 is 9.88 Å². The Bertz CT molecular complexity index is 425. The number of hydrogen-bond acceptors (Lipinski definition) is 4. The molecule has 16 heavy (non-hydrogen) atoms. The van der Waals surface area contributed by atoms with Crippen LogP contribution in [-0.2, 0) is 16.9 Å². The molecule has 6 heteroatoms. The van der Waals surface area contributed by atoms with Gasteiger partial charge in [-0.15, -0.1) is 0 Å². The molecule has 0 radical (unpaired) electrons. The smallest absolute Gasteiger partial charge is 0.147 e. The van der Waals surface area contributed by atoms with Gasteiger partial charge in [-0.2, -0.15) is 0 Å². The van der Waals surface area contributed by atoms with Crippen LogP contribution in [-0.4, -0.2) is 36.5 Å². The molecule has 0 amide bonds. The van der Waals surface area contributed by atoms with Crippen LogP contribution in [0.1, 0.15) is 25.2 Å². The standard InChI is InChI=1S/C10H19N3O2S/c1-4-11-9(5-8-16(3,14)15)10-12-6-7-13(10)2/h6-7,9,11H,4-5,8H2,1-3H3. The zero-order valence-electron chi connectivity index (χ0n) is 9.97. The largest absolute Gasteiger partial charge is 0.337 e. The number of hydrogen-bond donors (Lipinski definition) is 1. The Kier molecular flexibility index (Phi) is 4.49. The third-order valence-electron chi connectivity index (χ3n) is 2.40. The maximum absolute atomic E-state index is 11.1. The fraction of sp³-hybridized carbons (Fsp3) is 0.700. The first kappa shape index (κ1) is 13.2. The first-order chi connectivity index (χ1) is 7.44. The van der Waals surface area contributed by atoms with Crippen molar-refractivity contribution in [2.24, 2.45) is 7.05 Å². The lowest BCUT2D eigenvalue weighted by atomic mass is 10.2. The second-order valence-electron chi connectivity index (χ2n) is 3.93. The third kappa shape index (κ3) is 3.94. The van der Waals surface area contributed by atoms with Crippen LogP contribution >= 0.6 is 0 Å². The fourth-order valence-corrected chi connectivity index (χ4v) is 2.28. The quantitative estimate of drug-likeness (QED) is 0.793. The van der Waals surface area contributed by atoms with Gasteiger partial charge in [0.1, 0.15) is 15.7 Å². The van der Waals surface area contributed by atoms with E-state index in [1.54, 1.807) is 6.20 Å². The van der Waals surface area contributed by atoms with Crippen LogP contribution in [0.25, 0.3) is 0 Å². The molecule has 1 heterocycles. The number of nitrogens with one attached hydrogen (secondary N) is 1. The van der Waals surface area contributed by atoms with Crippen molar-refractivity contribution in [2.75, 3.05) is 18.6 Å². The lowest BCUT2D eigenvalue weighted by molar-refractivity contribution is 0.493. The predicted octanol–water partition coefficient (Wildman–Crippen LogP) is 0.505. The highest BCUT2D eigenvalue weighted by Gasteiger charge is 2.16. The zero-order valence-corrected chi connectivity index (χ0v) is 10.8. The molecule has 0 aliphatic carbocycles. The molecule has 0 aliphatic rings.